The first-order valence-corrected chi connectivity index (χ1v) is 3.44. The number of carbonyl (C=O) groups excluding carboxylic acids is 1. The van der Waals surface area contributed by atoms with Gasteiger partial charge in [-0.3, -0.25) is 9.59 Å². The molecule has 0 aromatic carbocycles. The van der Waals surface area contributed by atoms with E-state index in [0.717, 1.165) is 0 Å². The molecule has 1 heterocycles. The molecule has 0 fully saturated rings. The van der Waals surface area contributed by atoms with Gasteiger partial charge in [0.15, 0.2) is 5.82 Å². The molecule has 0 aliphatic rings. The number of primary amides is 1. The predicted octanol–water partition coefficient (Wildman–Crippen LogP) is 0.550. The van der Waals surface area contributed by atoms with Gasteiger partial charge in [0.1, 0.15) is 5.69 Å². The summed E-state index contributed by atoms with van der Waals surface area (Å²) < 4.78 is 36.9. The highest BCUT2D eigenvalue weighted by Gasteiger charge is 2.17. The van der Waals surface area contributed by atoms with Crippen LogP contribution in [-0.2, 0) is 0 Å². The van der Waals surface area contributed by atoms with Crippen molar-refractivity contribution in [3.8, 4) is 0 Å². The highest BCUT2D eigenvalue weighted by molar-refractivity contribution is 5.90. The van der Waals surface area contributed by atoms with Gasteiger partial charge >= 0.3 is 0 Å². The smallest absolute Gasteiger partial charge is 0.269 e. The third-order valence-corrected chi connectivity index (χ3v) is 1.50. The van der Waals surface area contributed by atoms with Gasteiger partial charge in [-0.1, -0.05) is 0 Å². The number of aromatic nitrogens is 1. The second kappa shape index (κ2) is 3.52. The molecule has 0 atom stereocenters. The number of nitrogens with two attached hydrogens (primary N) is 1. The SMILES string of the molecule is NC(=O)c1[nH]c(=O)c(C(F)F)cc1F. The third kappa shape index (κ3) is 1.76. The van der Waals surface area contributed by atoms with Crippen LogP contribution < -0.4 is 11.3 Å². The number of hydrogen-bond acceptors (Lipinski definition) is 2. The van der Waals surface area contributed by atoms with Gasteiger partial charge in [-0.25, -0.2) is 13.2 Å². The number of pyridine rings is 1. The van der Waals surface area contributed by atoms with Gasteiger partial charge in [-0.15, -0.1) is 0 Å². The molecule has 7 heteroatoms. The van der Waals surface area contributed by atoms with Crippen molar-refractivity contribution in [3.05, 3.63) is 33.5 Å². The molecule has 76 valence electrons. The molecule has 4 nitrogen and oxygen atoms in total. The summed E-state index contributed by atoms with van der Waals surface area (Å²) in [4.78, 5) is 22.9. The molecule has 1 amide bonds. The molecule has 0 bridgehead atoms. The molecule has 0 aliphatic carbocycles. The summed E-state index contributed by atoms with van der Waals surface area (Å²) in [7, 11) is 0. The van der Waals surface area contributed by atoms with E-state index in [1.807, 2.05) is 0 Å². The van der Waals surface area contributed by atoms with Crippen LogP contribution in [0, 0.1) is 5.82 Å². The van der Waals surface area contributed by atoms with E-state index in [9.17, 15) is 22.8 Å². The van der Waals surface area contributed by atoms with E-state index in [4.69, 9.17) is 0 Å². The van der Waals surface area contributed by atoms with E-state index in [1.165, 1.54) is 0 Å². The monoisotopic (exact) mass is 206 g/mol. The van der Waals surface area contributed by atoms with Crippen molar-refractivity contribution in [1.29, 1.82) is 0 Å². The highest BCUT2D eigenvalue weighted by atomic mass is 19.3. The second-order valence-electron chi connectivity index (χ2n) is 2.44. The number of carbonyl (C=O) groups is 1. The summed E-state index contributed by atoms with van der Waals surface area (Å²) in [6.07, 6.45) is -3.10. The number of alkyl halides is 2. The van der Waals surface area contributed by atoms with Crippen LogP contribution in [-0.4, -0.2) is 10.9 Å². The van der Waals surface area contributed by atoms with Crippen molar-refractivity contribution in [2.24, 2.45) is 5.73 Å². The van der Waals surface area contributed by atoms with E-state index in [-0.39, 0.29) is 0 Å². The predicted molar refractivity (Wildman–Crippen MR) is 40.5 cm³/mol. The zero-order valence-corrected chi connectivity index (χ0v) is 6.68. The Labute approximate surface area is 75.5 Å². The maximum Gasteiger partial charge on any atom is 0.269 e. The lowest BCUT2D eigenvalue weighted by Gasteiger charge is -2.01. The lowest BCUT2D eigenvalue weighted by molar-refractivity contribution is 0.0989. The number of amides is 1. The normalized spacial score (nSPS) is 10.6. The minimum atomic E-state index is -3.10. The van der Waals surface area contributed by atoms with Crippen LogP contribution in [0.2, 0.25) is 0 Å². The Kier molecular flexibility index (Phi) is 2.59. The van der Waals surface area contributed by atoms with Crippen LogP contribution in [0.1, 0.15) is 22.5 Å². The number of halogens is 3. The Morgan fingerprint density at radius 1 is 1.50 bits per heavy atom. The minimum Gasteiger partial charge on any atom is -0.364 e. The van der Waals surface area contributed by atoms with E-state index < -0.39 is 35.0 Å². The number of nitrogens with one attached hydrogen (secondary N) is 1. The topological polar surface area (TPSA) is 76.0 Å². The van der Waals surface area contributed by atoms with E-state index in [1.54, 1.807) is 4.98 Å². The standard InChI is InChI=1S/C7H5F3N2O2/c8-3-1-2(5(9)10)7(14)12-4(3)6(11)13/h1,5H,(H2,11,13)(H,12,14). The summed E-state index contributed by atoms with van der Waals surface area (Å²) in [6.45, 7) is 0. The molecular formula is C7H5F3N2O2. The van der Waals surface area contributed by atoms with Crippen LogP contribution in [0.3, 0.4) is 0 Å². The van der Waals surface area contributed by atoms with Gasteiger partial charge < -0.3 is 10.7 Å². The Morgan fingerprint density at radius 2 is 2.07 bits per heavy atom. The first-order valence-electron chi connectivity index (χ1n) is 3.44. The van der Waals surface area contributed by atoms with Crippen molar-refractivity contribution < 1.29 is 18.0 Å². The Hall–Kier alpha value is -1.79. The number of aromatic amines is 1. The number of rotatable bonds is 2. The van der Waals surface area contributed by atoms with E-state index in [0.29, 0.717) is 6.07 Å². The summed E-state index contributed by atoms with van der Waals surface area (Å²) in [6, 6.07) is 0.295. The largest absolute Gasteiger partial charge is 0.364 e. The summed E-state index contributed by atoms with van der Waals surface area (Å²) in [5.74, 6) is -2.49. The van der Waals surface area contributed by atoms with Crippen molar-refractivity contribution in [3.63, 3.8) is 0 Å². The van der Waals surface area contributed by atoms with Gasteiger partial charge in [-0.05, 0) is 6.07 Å². The van der Waals surface area contributed by atoms with Crippen molar-refractivity contribution >= 4 is 5.91 Å². The zero-order chi connectivity index (χ0) is 10.9. The van der Waals surface area contributed by atoms with Crippen LogP contribution in [0.15, 0.2) is 10.9 Å². The fourth-order valence-corrected chi connectivity index (χ4v) is 0.861. The van der Waals surface area contributed by atoms with E-state index in [2.05, 4.69) is 5.73 Å². The van der Waals surface area contributed by atoms with Gasteiger partial charge in [0.05, 0.1) is 5.56 Å². The summed E-state index contributed by atoms with van der Waals surface area (Å²) in [5, 5.41) is 0. The van der Waals surface area contributed by atoms with Crippen molar-refractivity contribution in [2.45, 2.75) is 6.43 Å². The Balaban J connectivity index is 3.39. The van der Waals surface area contributed by atoms with Crippen molar-refractivity contribution in [2.75, 3.05) is 0 Å². The summed E-state index contributed by atoms with van der Waals surface area (Å²) in [5.41, 5.74) is 1.61. The molecule has 0 saturated carbocycles. The lowest BCUT2D eigenvalue weighted by Crippen LogP contribution is -2.23. The maximum atomic E-state index is 12.8. The maximum absolute atomic E-state index is 12.8. The van der Waals surface area contributed by atoms with Gasteiger partial charge in [0, 0.05) is 0 Å². The average Bonchev–Trinajstić information content (AvgIpc) is 2.07. The molecule has 14 heavy (non-hydrogen) atoms. The second-order valence-corrected chi connectivity index (χ2v) is 2.44. The molecule has 0 saturated heterocycles. The average molecular weight is 206 g/mol. The number of hydrogen-bond donors (Lipinski definition) is 2. The highest BCUT2D eigenvalue weighted by Crippen LogP contribution is 2.15. The van der Waals surface area contributed by atoms with E-state index >= 15 is 0 Å². The third-order valence-electron chi connectivity index (χ3n) is 1.50. The zero-order valence-electron chi connectivity index (χ0n) is 6.68. The van der Waals surface area contributed by atoms with Gasteiger partial charge in [-0.2, -0.15) is 0 Å². The van der Waals surface area contributed by atoms with Gasteiger partial charge in [0.25, 0.3) is 17.9 Å². The summed E-state index contributed by atoms with van der Waals surface area (Å²) >= 11 is 0. The first-order chi connectivity index (χ1) is 6.43. The van der Waals surface area contributed by atoms with Gasteiger partial charge in [0.2, 0.25) is 0 Å². The fourth-order valence-electron chi connectivity index (χ4n) is 0.861. The molecule has 1 aromatic heterocycles. The first kappa shape index (κ1) is 10.3. The molecule has 0 spiro atoms. The molecule has 1 aromatic rings. The quantitative estimate of drug-likeness (QED) is 0.741. The molecule has 0 aliphatic heterocycles. The molecule has 1 rings (SSSR count). The fraction of sp³-hybridized carbons (Fsp3) is 0.143. The molecule has 0 unspecified atom stereocenters. The van der Waals surface area contributed by atoms with Crippen molar-refractivity contribution in [1.82, 2.24) is 4.98 Å². The molecule has 3 N–H and O–H groups in total. The molecule has 0 radical (unpaired) electrons. The van der Waals surface area contributed by atoms with Crippen LogP contribution >= 0.6 is 0 Å². The number of H-pyrrole nitrogens is 1. The molecular weight excluding hydrogens is 201 g/mol. The Bertz CT molecular complexity index is 427. The minimum absolute atomic E-state index is 0.295. The lowest BCUT2D eigenvalue weighted by atomic mass is 10.2. The van der Waals surface area contributed by atoms with Crippen LogP contribution in [0.25, 0.3) is 0 Å². The van der Waals surface area contributed by atoms with Crippen LogP contribution in [0.5, 0.6) is 0 Å². The Morgan fingerprint density at radius 3 is 2.50 bits per heavy atom. The van der Waals surface area contributed by atoms with Crippen LogP contribution in [0.4, 0.5) is 13.2 Å².